The van der Waals surface area contributed by atoms with Gasteiger partial charge in [-0.25, -0.2) is 15.0 Å². The zero-order valence-corrected chi connectivity index (χ0v) is 19.5. The minimum absolute atomic E-state index is 0.113. The van der Waals surface area contributed by atoms with Gasteiger partial charge in [-0.15, -0.1) is 0 Å². The first-order valence-corrected chi connectivity index (χ1v) is 11.2. The van der Waals surface area contributed by atoms with E-state index in [0.29, 0.717) is 28.5 Å². The van der Waals surface area contributed by atoms with Gasteiger partial charge < -0.3 is 19.6 Å². The smallest absolute Gasteiger partial charge is 0.238 e. The molecule has 11 nitrogen and oxygen atoms in total. The summed E-state index contributed by atoms with van der Waals surface area (Å²) in [5.41, 5.74) is 6.76. The highest BCUT2D eigenvalue weighted by Crippen LogP contribution is 2.32. The zero-order valence-electron chi connectivity index (χ0n) is 19.5. The summed E-state index contributed by atoms with van der Waals surface area (Å²) in [6, 6.07) is 7.64. The number of nitrogens with one attached hydrogen (secondary N) is 3. The number of rotatable bonds is 6. The van der Waals surface area contributed by atoms with Crippen molar-refractivity contribution in [2.24, 2.45) is 0 Å². The van der Waals surface area contributed by atoms with Crippen LogP contribution in [0.2, 0.25) is 0 Å². The van der Waals surface area contributed by atoms with Crippen LogP contribution in [0.25, 0.3) is 56.0 Å². The number of likely N-dealkylation sites (N-methyl/N-ethyl adjacent to an activating group) is 1. The molecule has 178 valence electrons. The number of H-pyrrole nitrogens is 2. The van der Waals surface area contributed by atoms with Crippen molar-refractivity contribution in [3.8, 4) is 33.8 Å². The van der Waals surface area contributed by atoms with E-state index in [9.17, 15) is 4.79 Å². The molecule has 36 heavy (non-hydrogen) atoms. The van der Waals surface area contributed by atoms with Crippen LogP contribution in [0.15, 0.2) is 66.0 Å². The SMILES string of the molecule is CN(C)CC(=O)Nc1cncc(-c2cnc3n[nH]c(-c4nc5nccc(-c6ccoc6)c5[nH]4)c3c2)c1. The van der Waals surface area contributed by atoms with E-state index in [-0.39, 0.29) is 12.5 Å². The van der Waals surface area contributed by atoms with E-state index in [1.807, 2.05) is 38.4 Å². The molecule has 0 unspecified atom stereocenters. The van der Waals surface area contributed by atoms with Crippen LogP contribution in [-0.4, -0.2) is 66.6 Å². The van der Waals surface area contributed by atoms with Gasteiger partial charge in [0.15, 0.2) is 17.1 Å². The van der Waals surface area contributed by atoms with E-state index in [4.69, 9.17) is 4.42 Å². The summed E-state index contributed by atoms with van der Waals surface area (Å²) < 4.78 is 5.25. The molecule has 0 aliphatic heterocycles. The molecule has 0 saturated carbocycles. The van der Waals surface area contributed by atoms with Gasteiger partial charge >= 0.3 is 0 Å². The van der Waals surface area contributed by atoms with E-state index >= 15 is 0 Å². The number of aromatic amines is 2. The number of amides is 1. The highest BCUT2D eigenvalue weighted by Gasteiger charge is 2.17. The van der Waals surface area contributed by atoms with Crippen LogP contribution >= 0.6 is 0 Å². The van der Waals surface area contributed by atoms with Gasteiger partial charge in [0.05, 0.1) is 41.9 Å². The first-order chi connectivity index (χ1) is 17.5. The lowest BCUT2D eigenvalue weighted by Gasteiger charge is -2.10. The van der Waals surface area contributed by atoms with Crippen LogP contribution in [0.3, 0.4) is 0 Å². The molecular formula is C25H21N9O2. The van der Waals surface area contributed by atoms with Crippen molar-refractivity contribution < 1.29 is 9.21 Å². The number of carbonyl (C=O) groups is 1. The average Bonchev–Trinajstić information content (AvgIpc) is 3.62. The molecule has 0 saturated heterocycles. The quantitative estimate of drug-likeness (QED) is 0.328. The molecule has 11 heteroatoms. The number of anilines is 1. The molecule has 6 aromatic rings. The summed E-state index contributed by atoms with van der Waals surface area (Å²) >= 11 is 0. The van der Waals surface area contributed by atoms with E-state index in [1.54, 1.807) is 42.2 Å². The second-order valence-electron chi connectivity index (χ2n) is 8.60. The molecule has 0 aliphatic rings. The predicted octanol–water partition coefficient (Wildman–Crippen LogP) is 3.72. The fourth-order valence-corrected chi connectivity index (χ4v) is 4.08. The van der Waals surface area contributed by atoms with Crippen molar-refractivity contribution in [1.29, 1.82) is 0 Å². The summed E-state index contributed by atoms with van der Waals surface area (Å²) in [7, 11) is 3.68. The monoisotopic (exact) mass is 479 g/mol. The molecule has 0 atom stereocenters. The Labute approximate surface area is 204 Å². The maximum absolute atomic E-state index is 12.2. The van der Waals surface area contributed by atoms with Crippen molar-refractivity contribution >= 4 is 33.8 Å². The minimum Gasteiger partial charge on any atom is -0.472 e. The fourth-order valence-electron chi connectivity index (χ4n) is 4.08. The maximum Gasteiger partial charge on any atom is 0.238 e. The van der Waals surface area contributed by atoms with Gasteiger partial charge in [0.25, 0.3) is 0 Å². The van der Waals surface area contributed by atoms with E-state index < -0.39 is 0 Å². The maximum atomic E-state index is 12.2. The Morgan fingerprint density at radius 1 is 1.06 bits per heavy atom. The molecule has 1 amide bonds. The Bertz CT molecular complexity index is 1700. The normalized spacial score (nSPS) is 11.5. The van der Waals surface area contributed by atoms with Crippen LogP contribution in [0.5, 0.6) is 0 Å². The summed E-state index contributed by atoms with van der Waals surface area (Å²) in [6.45, 7) is 0.283. The van der Waals surface area contributed by atoms with Crippen molar-refractivity contribution in [1.82, 2.24) is 40.0 Å². The minimum atomic E-state index is -0.113. The second-order valence-corrected chi connectivity index (χ2v) is 8.60. The highest BCUT2D eigenvalue weighted by molar-refractivity contribution is 5.96. The molecule has 3 N–H and O–H groups in total. The molecule has 0 radical (unpaired) electrons. The van der Waals surface area contributed by atoms with Gasteiger partial charge in [-0.05, 0) is 38.4 Å². The van der Waals surface area contributed by atoms with Gasteiger partial charge in [0.1, 0.15) is 5.69 Å². The summed E-state index contributed by atoms with van der Waals surface area (Å²) in [6.07, 6.45) is 10.1. The number of imidazole rings is 1. The Kier molecular flexibility index (Phi) is 5.23. The molecule has 6 rings (SSSR count). The Hall–Kier alpha value is -4.90. The third-order valence-electron chi connectivity index (χ3n) is 5.69. The van der Waals surface area contributed by atoms with E-state index in [1.165, 1.54) is 0 Å². The van der Waals surface area contributed by atoms with E-state index in [2.05, 4.69) is 40.4 Å². The standard InChI is InChI=1S/C25H21N9O2/c1-34(2)12-20(35)29-17-7-15(9-26-11-17)16-8-19-22(32-33-23(19)28-10-16)25-30-21-18(14-4-6-36-13-14)3-5-27-24(21)31-25/h3-11,13H,12H2,1-2H3,(H,29,35)(H,27,30,31)(H,28,32,33). The van der Waals surface area contributed by atoms with Crippen LogP contribution < -0.4 is 5.32 Å². The molecule has 0 fully saturated rings. The van der Waals surface area contributed by atoms with Crippen LogP contribution in [-0.2, 0) is 4.79 Å². The first kappa shape index (κ1) is 21.6. The first-order valence-electron chi connectivity index (χ1n) is 11.2. The third-order valence-corrected chi connectivity index (χ3v) is 5.69. The van der Waals surface area contributed by atoms with Crippen molar-refractivity contribution in [3.63, 3.8) is 0 Å². The zero-order chi connectivity index (χ0) is 24.6. The molecule has 6 aromatic heterocycles. The molecular weight excluding hydrogens is 458 g/mol. The largest absolute Gasteiger partial charge is 0.472 e. The van der Waals surface area contributed by atoms with Gasteiger partial charge in [-0.1, -0.05) is 0 Å². The van der Waals surface area contributed by atoms with Crippen LogP contribution in [0.1, 0.15) is 0 Å². The Balaban J connectivity index is 1.38. The van der Waals surface area contributed by atoms with Gasteiger partial charge in [0.2, 0.25) is 5.91 Å². The number of fused-ring (bicyclic) bond motifs is 2. The van der Waals surface area contributed by atoms with Crippen molar-refractivity contribution in [3.05, 3.63) is 61.6 Å². The number of hydrogen-bond acceptors (Lipinski definition) is 8. The molecule has 0 aromatic carbocycles. The molecule has 0 bridgehead atoms. The molecule has 0 spiro atoms. The molecule has 6 heterocycles. The lowest BCUT2D eigenvalue weighted by Crippen LogP contribution is -2.27. The lowest BCUT2D eigenvalue weighted by atomic mass is 10.1. The molecule has 0 aliphatic carbocycles. The van der Waals surface area contributed by atoms with Crippen LogP contribution in [0.4, 0.5) is 5.69 Å². The van der Waals surface area contributed by atoms with Crippen LogP contribution in [0, 0.1) is 0 Å². The number of carbonyl (C=O) groups excluding carboxylic acids is 1. The average molecular weight is 480 g/mol. The summed E-state index contributed by atoms with van der Waals surface area (Å²) in [4.78, 5) is 35.2. The second kappa shape index (κ2) is 8.71. The Morgan fingerprint density at radius 2 is 1.94 bits per heavy atom. The fraction of sp³-hybridized carbons (Fsp3) is 0.120. The summed E-state index contributed by atoms with van der Waals surface area (Å²) in [5, 5.41) is 11.1. The van der Waals surface area contributed by atoms with Gasteiger partial charge in [-0.2, -0.15) is 5.10 Å². The number of pyridine rings is 3. The number of furan rings is 1. The number of nitrogens with zero attached hydrogens (tertiary/aromatic N) is 6. The summed E-state index contributed by atoms with van der Waals surface area (Å²) in [5.74, 6) is 0.482. The van der Waals surface area contributed by atoms with Crippen molar-refractivity contribution in [2.45, 2.75) is 0 Å². The van der Waals surface area contributed by atoms with Gasteiger partial charge in [0, 0.05) is 40.8 Å². The topological polar surface area (TPSA) is 142 Å². The van der Waals surface area contributed by atoms with Crippen molar-refractivity contribution in [2.75, 3.05) is 26.0 Å². The predicted molar refractivity (Wildman–Crippen MR) is 135 cm³/mol. The van der Waals surface area contributed by atoms with Gasteiger partial charge in [-0.3, -0.25) is 14.9 Å². The lowest BCUT2D eigenvalue weighted by molar-refractivity contribution is -0.116. The number of aromatic nitrogens is 7. The Morgan fingerprint density at radius 3 is 2.78 bits per heavy atom. The highest BCUT2D eigenvalue weighted by atomic mass is 16.3. The van der Waals surface area contributed by atoms with E-state index in [0.717, 1.165) is 33.2 Å². The number of hydrogen-bond donors (Lipinski definition) is 3. The third kappa shape index (κ3) is 3.97.